The van der Waals surface area contributed by atoms with Crippen LogP contribution in [0.1, 0.15) is 48.5 Å². The highest BCUT2D eigenvalue weighted by Crippen LogP contribution is 2.31. The third-order valence-corrected chi connectivity index (χ3v) is 7.45. The first-order valence-electron chi connectivity index (χ1n) is 13.9. The van der Waals surface area contributed by atoms with Crippen LogP contribution in [-0.2, 0) is 16.0 Å². The molecule has 1 aliphatic heterocycles. The number of tetrazole rings is 1. The van der Waals surface area contributed by atoms with Crippen molar-refractivity contribution in [3.63, 3.8) is 0 Å². The molecule has 1 aliphatic rings. The minimum atomic E-state index is -1.09. The molecular formula is C30H31N7O5. The smallest absolute Gasteiger partial charge is 0.322 e. The number of carboxylic acids is 1. The van der Waals surface area contributed by atoms with Crippen LogP contribution in [0.25, 0.3) is 22.5 Å². The number of pyridine rings is 1. The van der Waals surface area contributed by atoms with E-state index in [1.54, 1.807) is 0 Å². The van der Waals surface area contributed by atoms with Crippen LogP contribution in [0, 0.1) is 5.92 Å². The minimum absolute atomic E-state index is 0.0962. The first-order valence-corrected chi connectivity index (χ1v) is 13.9. The van der Waals surface area contributed by atoms with Gasteiger partial charge in [0.15, 0.2) is 0 Å². The lowest BCUT2D eigenvalue weighted by molar-refractivity contribution is -0.157. The topological polar surface area (TPSA) is 165 Å². The van der Waals surface area contributed by atoms with Crippen LogP contribution < -0.4 is 5.56 Å². The van der Waals surface area contributed by atoms with Gasteiger partial charge in [0.1, 0.15) is 6.04 Å². The largest absolute Gasteiger partial charge is 0.480 e. The summed E-state index contributed by atoms with van der Waals surface area (Å²) in [5, 5.41) is 26.5. The summed E-state index contributed by atoms with van der Waals surface area (Å²) in [5.41, 5.74) is 3.30. The molecule has 2 atom stereocenters. The Labute approximate surface area is 241 Å². The van der Waals surface area contributed by atoms with Gasteiger partial charge >= 0.3 is 5.97 Å². The van der Waals surface area contributed by atoms with Crippen molar-refractivity contribution < 1.29 is 19.5 Å². The quantitative estimate of drug-likeness (QED) is 0.260. The summed E-state index contributed by atoms with van der Waals surface area (Å²) in [6.07, 6.45) is 3.66. The molecular weight excluding hydrogens is 538 g/mol. The number of nitrogens with one attached hydrogen (secondary N) is 2. The summed E-state index contributed by atoms with van der Waals surface area (Å²) in [7, 11) is 0. The number of carbonyl (C=O) groups excluding carboxylic acids is 2. The van der Waals surface area contributed by atoms with Crippen molar-refractivity contribution in [2.45, 2.75) is 45.1 Å². The van der Waals surface area contributed by atoms with Crippen LogP contribution in [0.2, 0.25) is 0 Å². The normalized spacial score (nSPS) is 15.8. The summed E-state index contributed by atoms with van der Waals surface area (Å²) in [6.45, 7) is 2.22. The number of benzene rings is 2. The fourth-order valence-electron chi connectivity index (χ4n) is 5.40. The number of amides is 2. The molecule has 2 aromatic heterocycles. The highest BCUT2D eigenvalue weighted by atomic mass is 16.4. The number of carboxylic acid groups (broad SMARTS) is 1. The maximum Gasteiger partial charge on any atom is 0.322 e. The molecule has 1 fully saturated rings. The Kier molecular flexibility index (Phi) is 8.63. The molecule has 12 heteroatoms. The number of imide groups is 1. The Morgan fingerprint density at radius 1 is 1.07 bits per heavy atom. The maximum absolute atomic E-state index is 14.1. The van der Waals surface area contributed by atoms with Crippen LogP contribution in [0.5, 0.6) is 0 Å². The Morgan fingerprint density at radius 2 is 1.83 bits per heavy atom. The molecule has 1 saturated heterocycles. The second kappa shape index (κ2) is 12.7. The monoisotopic (exact) mass is 569 g/mol. The van der Waals surface area contributed by atoms with Crippen LogP contribution >= 0.6 is 0 Å². The van der Waals surface area contributed by atoms with E-state index >= 15 is 0 Å². The summed E-state index contributed by atoms with van der Waals surface area (Å²) >= 11 is 0. The molecule has 4 aromatic rings. The summed E-state index contributed by atoms with van der Waals surface area (Å²) in [6, 6.07) is 17.1. The van der Waals surface area contributed by atoms with Crippen molar-refractivity contribution >= 4 is 17.8 Å². The van der Waals surface area contributed by atoms with Gasteiger partial charge in [-0.25, -0.2) is 5.01 Å². The molecule has 0 bridgehead atoms. The van der Waals surface area contributed by atoms with E-state index in [-0.39, 0.29) is 17.7 Å². The van der Waals surface area contributed by atoms with E-state index < -0.39 is 29.7 Å². The molecule has 5 rings (SSSR count). The second-order valence-corrected chi connectivity index (χ2v) is 10.2. The molecule has 0 aliphatic carbocycles. The Morgan fingerprint density at radius 3 is 2.48 bits per heavy atom. The van der Waals surface area contributed by atoms with Gasteiger partial charge in [0.2, 0.25) is 17.3 Å². The lowest BCUT2D eigenvalue weighted by Crippen LogP contribution is -2.56. The average Bonchev–Trinajstić information content (AvgIpc) is 3.71. The van der Waals surface area contributed by atoms with Gasteiger partial charge in [-0.15, -0.1) is 10.2 Å². The van der Waals surface area contributed by atoms with Crippen LogP contribution in [0.3, 0.4) is 0 Å². The second-order valence-electron chi connectivity index (χ2n) is 10.2. The van der Waals surface area contributed by atoms with Crippen molar-refractivity contribution in [1.82, 2.24) is 35.6 Å². The number of hydrazine groups is 1. The molecule has 0 unspecified atom stereocenters. The van der Waals surface area contributed by atoms with Crippen molar-refractivity contribution in [3.05, 3.63) is 88.3 Å². The molecule has 2 amide bonds. The molecule has 3 heterocycles. The molecule has 216 valence electrons. The predicted octanol–water partition coefficient (Wildman–Crippen LogP) is 3.31. The van der Waals surface area contributed by atoms with Crippen molar-refractivity contribution in [1.29, 1.82) is 0 Å². The van der Waals surface area contributed by atoms with Gasteiger partial charge in [-0.3, -0.25) is 19.2 Å². The molecule has 3 N–H and O–H groups in total. The lowest BCUT2D eigenvalue weighted by Gasteiger charge is -2.35. The molecule has 0 saturated carbocycles. The van der Waals surface area contributed by atoms with E-state index in [1.165, 1.54) is 23.3 Å². The zero-order valence-corrected chi connectivity index (χ0v) is 23.1. The molecule has 0 spiro atoms. The van der Waals surface area contributed by atoms with Gasteiger partial charge in [0.05, 0.1) is 5.56 Å². The summed E-state index contributed by atoms with van der Waals surface area (Å²) < 4.78 is 0. The molecule has 12 nitrogen and oxygen atoms in total. The number of aromatic amines is 2. The van der Waals surface area contributed by atoms with Gasteiger partial charge in [-0.1, -0.05) is 61.9 Å². The Balaban J connectivity index is 1.43. The standard InChI is InChI=1S/C30H31N7O5/c1-2-6-21(17-19-10-12-20(13-11-19)23-7-3-4-8-24(23)27-32-34-35-33-27)28(39)37(36-16-5-9-25(36)30(41)42)29(40)22-14-15-26(38)31-18-22/h3-4,7-8,10-15,18,21,25H,2,5-6,9,16-17H2,1H3,(H,31,38)(H,41,42)(H,32,33,34,35)/t21-,25-/m0/s1. The van der Waals surface area contributed by atoms with E-state index in [0.29, 0.717) is 37.9 Å². The zero-order valence-electron chi connectivity index (χ0n) is 23.1. The van der Waals surface area contributed by atoms with E-state index in [0.717, 1.165) is 27.3 Å². The zero-order chi connectivity index (χ0) is 29.6. The van der Waals surface area contributed by atoms with Crippen LogP contribution in [-0.4, -0.2) is 71.1 Å². The van der Waals surface area contributed by atoms with Gasteiger partial charge in [0.25, 0.3) is 5.91 Å². The van der Waals surface area contributed by atoms with Crippen molar-refractivity contribution in [2.24, 2.45) is 5.92 Å². The summed E-state index contributed by atoms with van der Waals surface area (Å²) in [4.78, 5) is 53.9. The van der Waals surface area contributed by atoms with Gasteiger partial charge in [-0.2, -0.15) is 10.2 Å². The van der Waals surface area contributed by atoms with Crippen LogP contribution in [0.15, 0.2) is 71.7 Å². The number of nitrogens with zero attached hydrogens (tertiary/aromatic N) is 5. The highest BCUT2D eigenvalue weighted by Gasteiger charge is 2.42. The van der Waals surface area contributed by atoms with Gasteiger partial charge in [-0.05, 0) is 53.7 Å². The number of rotatable bonds is 10. The number of carbonyl (C=O) groups is 3. The predicted molar refractivity (Wildman–Crippen MR) is 153 cm³/mol. The van der Waals surface area contributed by atoms with E-state index in [1.807, 2.05) is 55.5 Å². The molecule has 42 heavy (non-hydrogen) atoms. The molecule has 2 aromatic carbocycles. The number of aliphatic carboxylic acids is 1. The lowest BCUT2D eigenvalue weighted by atomic mass is 9.92. The first-order chi connectivity index (χ1) is 20.4. The Hall–Kier alpha value is -4.97. The van der Waals surface area contributed by atoms with Crippen molar-refractivity contribution in [2.75, 3.05) is 6.54 Å². The number of H-pyrrole nitrogens is 2. The van der Waals surface area contributed by atoms with Crippen molar-refractivity contribution in [3.8, 4) is 22.5 Å². The first kappa shape index (κ1) is 28.6. The van der Waals surface area contributed by atoms with Gasteiger partial charge in [0, 0.05) is 30.3 Å². The van der Waals surface area contributed by atoms with E-state index in [9.17, 15) is 24.3 Å². The van der Waals surface area contributed by atoms with Crippen LogP contribution in [0.4, 0.5) is 0 Å². The number of hydrogen-bond donors (Lipinski definition) is 3. The third kappa shape index (κ3) is 6.03. The van der Waals surface area contributed by atoms with E-state index in [2.05, 4.69) is 25.6 Å². The average molecular weight is 570 g/mol. The fraction of sp³-hybridized carbons (Fsp3) is 0.300. The minimum Gasteiger partial charge on any atom is -0.480 e. The molecule has 0 radical (unpaired) electrons. The number of hydrogen-bond acceptors (Lipinski definition) is 8. The number of aromatic nitrogens is 5. The van der Waals surface area contributed by atoms with Gasteiger partial charge < -0.3 is 10.1 Å². The van der Waals surface area contributed by atoms with E-state index in [4.69, 9.17) is 0 Å². The highest BCUT2D eigenvalue weighted by molar-refractivity contribution is 6.05. The fourth-order valence-corrected chi connectivity index (χ4v) is 5.40. The Bertz CT molecular complexity index is 1600. The third-order valence-electron chi connectivity index (χ3n) is 7.45. The maximum atomic E-state index is 14.1. The summed E-state index contributed by atoms with van der Waals surface area (Å²) in [5.74, 6) is -2.32. The SMILES string of the molecule is CCC[C@@H](Cc1ccc(-c2ccccc2-c2nn[nH]n2)cc1)C(=O)N(C(=O)c1ccc(=O)[nH]c1)N1CCC[C@H]1C(=O)O.